The molecule has 0 unspecified atom stereocenters. The van der Waals surface area contributed by atoms with Crippen LogP contribution in [0.4, 0.5) is 9.93 Å². The van der Waals surface area contributed by atoms with Crippen LogP contribution < -0.4 is 15.3 Å². The number of esters is 1. The molecular weight excluding hydrogens is 553 g/mol. The van der Waals surface area contributed by atoms with Crippen molar-refractivity contribution in [3.8, 4) is 0 Å². The van der Waals surface area contributed by atoms with Crippen LogP contribution in [0.3, 0.4) is 0 Å². The summed E-state index contributed by atoms with van der Waals surface area (Å²) in [5, 5.41) is 2.69. The van der Waals surface area contributed by atoms with Gasteiger partial charge in [0.25, 0.3) is 8.32 Å². The molecule has 0 radical (unpaired) electrons. The third-order valence-electron chi connectivity index (χ3n) is 6.64. The van der Waals surface area contributed by atoms with E-state index in [1.165, 1.54) is 26.6 Å². The standard InChI is InChI=1S/C32H44N2O5SSi/c1-10-37-28(35)27-26(40-29(33-27)34(9)30(36)39-31(3,4)5)21-23(2)22-38-41(32(6,7)8,24-17-13-11-14-18-24)25-19-15-12-16-20-25/h11-20,23H,10,21-22H2,1-9H3/t23-/m0/s1. The molecule has 3 aromatic rings. The highest BCUT2D eigenvalue weighted by Crippen LogP contribution is 2.37. The number of ether oxygens (including phenoxy) is 2. The minimum Gasteiger partial charge on any atom is -0.461 e. The lowest BCUT2D eigenvalue weighted by Crippen LogP contribution is -2.66. The number of carbonyl (C=O) groups excluding carboxylic acids is 2. The molecule has 9 heteroatoms. The summed E-state index contributed by atoms with van der Waals surface area (Å²) in [5.74, 6) is -0.437. The smallest absolute Gasteiger partial charge is 0.416 e. The lowest BCUT2D eigenvalue weighted by molar-refractivity contribution is 0.0515. The lowest BCUT2D eigenvalue weighted by Gasteiger charge is -2.43. The molecule has 7 nitrogen and oxygen atoms in total. The normalized spacial score (nSPS) is 13.0. The van der Waals surface area contributed by atoms with Crippen LogP contribution in [0, 0.1) is 5.92 Å². The Morgan fingerprint density at radius 3 is 1.95 bits per heavy atom. The SMILES string of the molecule is CCOC(=O)c1nc(N(C)C(=O)OC(C)(C)C)sc1C[C@H](C)CO[Si](c1ccccc1)(c1ccccc1)C(C)(C)C. The average Bonchev–Trinajstić information content (AvgIpc) is 3.32. The van der Waals surface area contributed by atoms with Gasteiger partial charge in [0.2, 0.25) is 0 Å². The monoisotopic (exact) mass is 596 g/mol. The van der Waals surface area contributed by atoms with Crippen molar-refractivity contribution in [1.82, 2.24) is 4.98 Å². The average molecular weight is 597 g/mol. The van der Waals surface area contributed by atoms with E-state index < -0.39 is 26.0 Å². The van der Waals surface area contributed by atoms with Crippen LogP contribution in [0.25, 0.3) is 0 Å². The topological polar surface area (TPSA) is 78.0 Å². The van der Waals surface area contributed by atoms with Gasteiger partial charge in [-0.25, -0.2) is 14.6 Å². The molecule has 0 bridgehead atoms. The highest BCUT2D eigenvalue weighted by Gasteiger charge is 2.50. The summed E-state index contributed by atoms with van der Waals surface area (Å²) >= 11 is 1.31. The first-order valence-electron chi connectivity index (χ1n) is 14.1. The Hall–Kier alpha value is -3.01. The number of thiazole rings is 1. The summed E-state index contributed by atoms with van der Waals surface area (Å²) < 4.78 is 17.9. The molecule has 222 valence electrons. The molecular formula is C32H44N2O5SSi. The van der Waals surface area contributed by atoms with Crippen LogP contribution >= 0.6 is 11.3 Å². The van der Waals surface area contributed by atoms with Crippen molar-refractivity contribution >= 4 is 47.2 Å². The van der Waals surface area contributed by atoms with E-state index in [-0.39, 0.29) is 23.3 Å². The van der Waals surface area contributed by atoms with Crippen LogP contribution in [-0.2, 0) is 20.3 Å². The number of hydrogen-bond donors (Lipinski definition) is 0. The van der Waals surface area contributed by atoms with E-state index in [9.17, 15) is 9.59 Å². The van der Waals surface area contributed by atoms with Crippen LogP contribution in [0.15, 0.2) is 60.7 Å². The zero-order valence-electron chi connectivity index (χ0n) is 25.8. The lowest BCUT2D eigenvalue weighted by atomic mass is 10.1. The summed E-state index contributed by atoms with van der Waals surface area (Å²) in [4.78, 5) is 32.2. The Labute approximate surface area is 250 Å². The number of rotatable bonds is 10. The molecule has 0 aliphatic carbocycles. The third kappa shape index (κ3) is 7.84. The maximum Gasteiger partial charge on any atom is 0.416 e. The summed E-state index contributed by atoms with van der Waals surface area (Å²) in [6, 6.07) is 21.1. The number of anilines is 1. The van der Waals surface area contributed by atoms with Gasteiger partial charge >= 0.3 is 12.1 Å². The summed E-state index contributed by atoms with van der Waals surface area (Å²) in [7, 11) is -1.10. The zero-order valence-corrected chi connectivity index (χ0v) is 27.6. The molecule has 41 heavy (non-hydrogen) atoms. The van der Waals surface area contributed by atoms with Gasteiger partial charge in [-0.15, -0.1) is 11.3 Å². The Bertz CT molecular complexity index is 1260. The van der Waals surface area contributed by atoms with Gasteiger partial charge in [-0.2, -0.15) is 0 Å². The van der Waals surface area contributed by atoms with Gasteiger partial charge in [-0.3, -0.25) is 4.90 Å². The predicted octanol–water partition coefficient (Wildman–Crippen LogP) is 6.45. The highest BCUT2D eigenvalue weighted by molar-refractivity contribution is 7.16. The fourth-order valence-electron chi connectivity index (χ4n) is 4.79. The fourth-order valence-corrected chi connectivity index (χ4v) is 10.6. The second-order valence-electron chi connectivity index (χ2n) is 12.3. The summed E-state index contributed by atoms with van der Waals surface area (Å²) in [6.45, 7) is 16.8. The van der Waals surface area contributed by atoms with Crippen molar-refractivity contribution in [3.05, 3.63) is 71.2 Å². The van der Waals surface area contributed by atoms with E-state index in [4.69, 9.17) is 13.9 Å². The van der Waals surface area contributed by atoms with Crippen LogP contribution in [0.2, 0.25) is 5.04 Å². The van der Waals surface area contributed by atoms with Crippen molar-refractivity contribution in [2.45, 2.75) is 72.5 Å². The van der Waals surface area contributed by atoms with E-state index >= 15 is 0 Å². The second kappa shape index (κ2) is 13.3. The first kappa shape index (κ1) is 32.5. The Morgan fingerprint density at radius 1 is 0.951 bits per heavy atom. The van der Waals surface area contributed by atoms with Gasteiger partial charge in [0.1, 0.15) is 5.60 Å². The maximum atomic E-state index is 12.9. The van der Waals surface area contributed by atoms with Gasteiger partial charge in [-0.05, 0) is 55.4 Å². The van der Waals surface area contributed by atoms with E-state index in [2.05, 4.69) is 81.2 Å². The Balaban J connectivity index is 1.92. The third-order valence-corrected chi connectivity index (χ3v) is 12.8. The first-order chi connectivity index (χ1) is 19.2. The molecule has 1 atom stereocenters. The molecule has 1 aromatic heterocycles. The summed E-state index contributed by atoms with van der Waals surface area (Å²) in [6.07, 6.45) is 0.0166. The Kier molecular flexibility index (Phi) is 10.6. The van der Waals surface area contributed by atoms with Crippen molar-refractivity contribution < 1.29 is 23.5 Å². The van der Waals surface area contributed by atoms with Crippen molar-refractivity contribution in [2.75, 3.05) is 25.2 Å². The van der Waals surface area contributed by atoms with Crippen LogP contribution in [0.1, 0.15) is 70.8 Å². The highest BCUT2D eigenvalue weighted by atomic mass is 32.1. The molecule has 1 heterocycles. The van der Waals surface area contributed by atoms with E-state index in [1.807, 2.05) is 32.9 Å². The van der Waals surface area contributed by atoms with Crippen molar-refractivity contribution in [3.63, 3.8) is 0 Å². The van der Waals surface area contributed by atoms with E-state index in [0.29, 0.717) is 18.2 Å². The number of amides is 1. The predicted molar refractivity (Wildman–Crippen MR) is 169 cm³/mol. The molecule has 0 spiro atoms. The van der Waals surface area contributed by atoms with Crippen LogP contribution in [0.5, 0.6) is 0 Å². The molecule has 0 saturated heterocycles. The summed E-state index contributed by atoms with van der Waals surface area (Å²) in [5.41, 5.74) is -0.415. The Morgan fingerprint density at radius 2 is 1.49 bits per heavy atom. The van der Waals surface area contributed by atoms with Gasteiger partial charge < -0.3 is 13.9 Å². The molecule has 2 aromatic carbocycles. The maximum absolute atomic E-state index is 12.9. The first-order valence-corrected chi connectivity index (χ1v) is 16.8. The van der Waals surface area contributed by atoms with Crippen LogP contribution in [-0.4, -0.2) is 51.2 Å². The number of benzene rings is 2. The second-order valence-corrected chi connectivity index (χ2v) is 17.7. The largest absolute Gasteiger partial charge is 0.461 e. The molecule has 1 amide bonds. The van der Waals surface area contributed by atoms with Gasteiger partial charge in [-0.1, -0.05) is 88.4 Å². The van der Waals surface area contributed by atoms with Gasteiger partial charge in [0, 0.05) is 18.5 Å². The number of aromatic nitrogens is 1. The van der Waals surface area contributed by atoms with Crippen molar-refractivity contribution in [1.29, 1.82) is 0 Å². The number of hydrogen-bond acceptors (Lipinski definition) is 7. The molecule has 3 rings (SSSR count). The van der Waals surface area contributed by atoms with E-state index in [1.54, 1.807) is 14.0 Å². The molecule has 0 fully saturated rings. The number of carbonyl (C=O) groups is 2. The molecule has 0 aliphatic heterocycles. The minimum absolute atomic E-state index is 0.0601. The van der Waals surface area contributed by atoms with Gasteiger partial charge in [0.15, 0.2) is 10.8 Å². The zero-order chi connectivity index (χ0) is 30.4. The molecule has 0 aliphatic rings. The fraction of sp³-hybridized carbons (Fsp3) is 0.469. The quantitative estimate of drug-likeness (QED) is 0.198. The molecule has 0 saturated carbocycles. The molecule has 0 N–H and O–H groups in total. The van der Waals surface area contributed by atoms with Crippen molar-refractivity contribution in [2.24, 2.45) is 5.92 Å². The van der Waals surface area contributed by atoms with Gasteiger partial charge in [0.05, 0.1) is 6.61 Å². The number of nitrogens with zero attached hydrogens (tertiary/aromatic N) is 2. The van der Waals surface area contributed by atoms with E-state index in [0.717, 1.165) is 4.88 Å². The minimum atomic E-state index is -2.70.